The quantitative estimate of drug-likeness (QED) is 0.860. The number of aromatic nitrogens is 1. The van der Waals surface area contributed by atoms with Crippen LogP contribution in [0.25, 0.3) is 0 Å². The van der Waals surface area contributed by atoms with E-state index in [4.69, 9.17) is 9.72 Å². The minimum atomic E-state index is 0.0889. The van der Waals surface area contributed by atoms with Gasteiger partial charge in [-0.25, -0.2) is 4.98 Å². The summed E-state index contributed by atoms with van der Waals surface area (Å²) in [4.78, 5) is 6.33. The fourth-order valence-electron chi connectivity index (χ4n) is 2.32. The van der Waals surface area contributed by atoms with E-state index in [-0.39, 0.29) is 11.5 Å². The molecular weight excluding hydrogens is 256 g/mol. The first-order valence-electron chi connectivity index (χ1n) is 7.23. The molecule has 2 rings (SSSR count). The second kappa shape index (κ2) is 5.90. The lowest BCUT2D eigenvalue weighted by atomic mass is 9.89. The van der Waals surface area contributed by atoms with Crippen molar-refractivity contribution < 1.29 is 4.74 Å². The van der Waals surface area contributed by atoms with E-state index in [1.54, 1.807) is 0 Å². The van der Waals surface area contributed by atoms with E-state index >= 15 is 0 Å². The van der Waals surface area contributed by atoms with E-state index in [2.05, 4.69) is 33.0 Å². The van der Waals surface area contributed by atoms with E-state index in [0.717, 1.165) is 18.2 Å². The summed E-state index contributed by atoms with van der Waals surface area (Å²) in [5.74, 6) is 0.704. The summed E-state index contributed by atoms with van der Waals surface area (Å²) in [5.41, 5.74) is 1.41. The van der Waals surface area contributed by atoms with Gasteiger partial charge in [0.25, 0.3) is 0 Å². The largest absolute Gasteiger partial charge is 0.371 e. The van der Waals surface area contributed by atoms with Gasteiger partial charge in [-0.15, -0.1) is 11.3 Å². The Labute approximate surface area is 120 Å². The van der Waals surface area contributed by atoms with Gasteiger partial charge in [0.05, 0.1) is 5.69 Å². The molecule has 1 fully saturated rings. The summed E-state index contributed by atoms with van der Waals surface area (Å²) in [6, 6.07) is 0. The molecule has 1 aromatic heterocycles. The van der Waals surface area contributed by atoms with E-state index in [0.29, 0.717) is 5.92 Å². The van der Waals surface area contributed by atoms with Crippen molar-refractivity contribution in [2.75, 3.05) is 13.7 Å². The molecule has 3 nitrogen and oxygen atoms in total. The van der Waals surface area contributed by atoms with Crippen molar-refractivity contribution >= 4 is 11.3 Å². The molecule has 1 aliphatic carbocycles. The first kappa shape index (κ1) is 14.9. The third-order valence-corrected chi connectivity index (χ3v) is 4.50. The molecule has 0 radical (unpaired) electrons. The minimum Gasteiger partial charge on any atom is -0.371 e. The standard InChI is InChI=1S/C15H26N2OS/c1-6-18-13(15(2,3)4)14-17-12(10-7-8-10)11(19-14)9-16-5/h10,13,16H,6-9H2,1-5H3. The van der Waals surface area contributed by atoms with Crippen LogP contribution in [0.2, 0.25) is 0 Å². The molecule has 1 aromatic rings. The highest BCUT2D eigenvalue weighted by Crippen LogP contribution is 2.45. The number of ether oxygens (including phenoxy) is 1. The molecule has 108 valence electrons. The van der Waals surface area contributed by atoms with Crippen molar-refractivity contribution in [1.82, 2.24) is 10.3 Å². The number of hydrogen-bond donors (Lipinski definition) is 1. The normalized spacial score (nSPS) is 17.7. The van der Waals surface area contributed by atoms with Crippen LogP contribution in [0.4, 0.5) is 0 Å². The highest BCUT2D eigenvalue weighted by atomic mass is 32.1. The lowest BCUT2D eigenvalue weighted by Gasteiger charge is -2.28. The Kier molecular flexibility index (Phi) is 4.64. The molecule has 1 unspecified atom stereocenters. The Morgan fingerprint density at radius 3 is 2.58 bits per heavy atom. The van der Waals surface area contributed by atoms with Crippen LogP contribution in [-0.2, 0) is 11.3 Å². The predicted octanol–water partition coefficient (Wildman–Crippen LogP) is 3.86. The van der Waals surface area contributed by atoms with Gasteiger partial charge in [-0.2, -0.15) is 0 Å². The number of hydrogen-bond acceptors (Lipinski definition) is 4. The zero-order valence-corrected chi connectivity index (χ0v) is 13.6. The van der Waals surface area contributed by atoms with Gasteiger partial charge in [-0.3, -0.25) is 0 Å². The van der Waals surface area contributed by atoms with Crippen molar-refractivity contribution in [3.8, 4) is 0 Å². The molecule has 1 saturated carbocycles. The number of nitrogens with zero attached hydrogens (tertiary/aromatic N) is 1. The summed E-state index contributed by atoms with van der Waals surface area (Å²) in [6.07, 6.45) is 2.70. The van der Waals surface area contributed by atoms with Crippen molar-refractivity contribution in [2.24, 2.45) is 5.41 Å². The molecule has 0 spiro atoms. The first-order valence-corrected chi connectivity index (χ1v) is 8.04. The molecule has 0 aromatic carbocycles. The molecule has 1 heterocycles. The molecule has 1 aliphatic rings. The zero-order valence-electron chi connectivity index (χ0n) is 12.7. The number of rotatable bonds is 6. The molecule has 0 saturated heterocycles. The molecule has 0 aliphatic heterocycles. The maximum absolute atomic E-state index is 5.97. The van der Waals surface area contributed by atoms with Gasteiger partial charge < -0.3 is 10.1 Å². The topological polar surface area (TPSA) is 34.1 Å². The predicted molar refractivity (Wildman–Crippen MR) is 80.7 cm³/mol. The monoisotopic (exact) mass is 282 g/mol. The van der Waals surface area contributed by atoms with E-state index in [1.807, 2.05) is 18.4 Å². The SMILES string of the molecule is CCOC(c1nc(C2CC2)c(CNC)s1)C(C)(C)C. The van der Waals surface area contributed by atoms with E-state index in [1.165, 1.54) is 23.4 Å². The average Bonchev–Trinajstić information content (AvgIpc) is 3.08. The second-order valence-corrected chi connectivity index (χ2v) is 7.48. The smallest absolute Gasteiger partial charge is 0.123 e. The van der Waals surface area contributed by atoms with Crippen LogP contribution in [0.15, 0.2) is 0 Å². The lowest BCUT2D eigenvalue weighted by molar-refractivity contribution is -0.0134. The van der Waals surface area contributed by atoms with Crippen molar-refractivity contribution in [1.29, 1.82) is 0 Å². The number of thiazole rings is 1. The first-order chi connectivity index (χ1) is 8.97. The van der Waals surface area contributed by atoms with Crippen molar-refractivity contribution in [2.45, 2.75) is 59.1 Å². The Hall–Kier alpha value is -0.450. The van der Waals surface area contributed by atoms with Crippen molar-refractivity contribution in [3.63, 3.8) is 0 Å². The minimum absolute atomic E-state index is 0.0889. The van der Waals surface area contributed by atoms with Gasteiger partial charge in [0, 0.05) is 23.9 Å². The van der Waals surface area contributed by atoms with Gasteiger partial charge in [0.2, 0.25) is 0 Å². The molecule has 19 heavy (non-hydrogen) atoms. The maximum atomic E-state index is 5.97. The Morgan fingerprint density at radius 1 is 1.42 bits per heavy atom. The highest BCUT2D eigenvalue weighted by molar-refractivity contribution is 7.11. The van der Waals surface area contributed by atoms with Crippen LogP contribution in [0.5, 0.6) is 0 Å². The van der Waals surface area contributed by atoms with Crippen LogP contribution in [0.3, 0.4) is 0 Å². The van der Waals surface area contributed by atoms with Crippen LogP contribution >= 0.6 is 11.3 Å². The summed E-state index contributed by atoms with van der Waals surface area (Å²) in [6.45, 7) is 10.4. The van der Waals surface area contributed by atoms with Crippen LogP contribution in [0.1, 0.15) is 68.1 Å². The van der Waals surface area contributed by atoms with Crippen LogP contribution in [0, 0.1) is 5.41 Å². The van der Waals surface area contributed by atoms with Crippen molar-refractivity contribution in [3.05, 3.63) is 15.6 Å². The molecular formula is C15H26N2OS. The Morgan fingerprint density at radius 2 is 2.11 bits per heavy atom. The van der Waals surface area contributed by atoms with Gasteiger partial charge >= 0.3 is 0 Å². The summed E-state index contributed by atoms with van der Waals surface area (Å²) < 4.78 is 5.97. The summed E-state index contributed by atoms with van der Waals surface area (Å²) >= 11 is 1.83. The average molecular weight is 282 g/mol. The summed E-state index contributed by atoms with van der Waals surface area (Å²) in [7, 11) is 2.00. The molecule has 1 N–H and O–H groups in total. The maximum Gasteiger partial charge on any atom is 0.123 e. The third-order valence-electron chi connectivity index (χ3n) is 3.39. The Balaban J connectivity index is 2.29. The van der Waals surface area contributed by atoms with Gasteiger partial charge in [-0.1, -0.05) is 20.8 Å². The zero-order chi connectivity index (χ0) is 14.0. The lowest BCUT2D eigenvalue weighted by Crippen LogP contribution is -2.21. The fourth-order valence-corrected chi connectivity index (χ4v) is 3.77. The fraction of sp³-hybridized carbons (Fsp3) is 0.800. The van der Waals surface area contributed by atoms with Gasteiger partial charge in [-0.05, 0) is 32.2 Å². The van der Waals surface area contributed by atoms with Gasteiger partial charge in [0.15, 0.2) is 0 Å². The van der Waals surface area contributed by atoms with E-state index < -0.39 is 0 Å². The molecule has 0 amide bonds. The molecule has 0 bridgehead atoms. The highest BCUT2D eigenvalue weighted by Gasteiger charge is 2.34. The Bertz CT molecular complexity index is 418. The number of nitrogens with one attached hydrogen (secondary N) is 1. The third kappa shape index (κ3) is 3.56. The van der Waals surface area contributed by atoms with Crippen LogP contribution < -0.4 is 5.32 Å². The summed E-state index contributed by atoms with van der Waals surface area (Å²) in [5, 5.41) is 4.41. The molecule has 4 heteroatoms. The van der Waals surface area contributed by atoms with Gasteiger partial charge in [0.1, 0.15) is 11.1 Å². The van der Waals surface area contributed by atoms with Crippen LogP contribution in [-0.4, -0.2) is 18.6 Å². The second-order valence-electron chi connectivity index (χ2n) is 6.37. The molecule has 1 atom stereocenters. The van der Waals surface area contributed by atoms with E-state index in [9.17, 15) is 0 Å².